The quantitative estimate of drug-likeness (QED) is 0.357. The van der Waals surface area contributed by atoms with Crippen molar-refractivity contribution in [2.45, 2.75) is 25.5 Å². The highest BCUT2D eigenvalue weighted by Crippen LogP contribution is 2.16. The predicted molar refractivity (Wildman–Crippen MR) is 113 cm³/mol. The van der Waals surface area contributed by atoms with Crippen LogP contribution < -0.4 is 16.4 Å². The van der Waals surface area contributed by atoms with Crippen LogP contribution in [0.2, 0.25) is 0 Å². The van der Waals surface area contributed by atoms with Crippen molar-refractivity contribution in [2.75, 3.05) is 17.2 Å². The first-order valence-corrected chi connectivity index (χ1v) is 8.20. The molecule has 1 aliphatic rings. The number of nitrogens with one attached hydrogen (secondary N) is 2. The van der Waals surface area contributed by atoms with E-state index >= 15 is 0 Å². The number of aromatic nitrogens is 1. The maximum absolute atomic E-state index is 12.1. The molecule has 2 heterocycles. The van der Waals surface area contributed by atoms with Crippen LogP contribution >= 0.6 is 24.0 Å². The highest BCUT2D eigenvalue weighted by atomic mass is 127. The summed E-state index contributed by atoms with van der Waals surface area (Å²) in [5, 5.41) is 5.81. The highest BCUT2D eigenvalue weighted by molar-refractivity contribution is 14.0. The number of pyridine rings is 1. The number of nitrogens with two attached hydrogens (primary N) is 1. The SMILES string of the molecule is I.NC(=NCc1cccc(NC(=O)C2CCCO2)c1)Nc1ccccn1. The summed E-state index contributed by atoms with van der Waals surface area (Å²) in [6, 6.07) is 13.0. The maximum Gasteiger partial charge on any atom is 0.253 e. The molecule has 0 bridgehead atoms. The van der Waals surface area contributed by atoms with Crippen molar-refractivity contribution < 1.29 is 9.53 Å². The van der Waals surface area contributed by atoms with Gasteiger partial charge in [0.25, 0.3) is 5.91 Å². The van der Waals surface area contributed by atoms with Crippen molar-refractivity contribution in [3.8, 4) is 0 Å². The van der Waals surface area contributed by atoms with Gasteiger partial charge in [-0.15, -0.1) is 24.0 Å². The molecule has 4 N–H and O–H groups in total. The molecule has 0 spiro atoms. The van der Waals surface area contributed by atoms with Gasteiger partial charge in [0.1, 0.15) is 11.9 Å². The van der Waals surface area contributed by atoms with Gasteiger partial charge in [0, 0.05) is 18.5 Å². The van der Waals surface area contributed by atoms with E-state index in [1.165, 1.54) is 0 Å². The van der Waals surface area contributed by atoms with E-state index in [4.69, 9.17) is 10.5 Å². The Bertz CT molecular complexity index is 748. The van der Waals surface area contributed by atoms with Gasteiger partial charge in [-0.1, -0.05) is 18.2 Å². The first-order valence-electron chi connectivity index (χ1n) is 8.20. The van der Waals surface area contributed by atoms with Crippen LogP contribution in [0.4, 0.5) is 11.5 Å². The third-order valence-corrected chi connectivity index (χ3v) is 3.77. The zero-order valence-corrected chi connectivity index (χ0v) is 16.6. The number of carbonyl (C=O) groups excluding carboxylic acids is 1. The van der Waals surface area contributed by atoms with Crippen molar-refractivity contribution in [2.24, 2.45) is 10.7 Å². The summed E-state index contributed by atoms with van der Waals surface area (Å²) >= 11 is 0. The molecule has 1 aromatic heterocycles. The molecule has 3 rings (SSSR count). The van der Waals surface area contributed by atoms with Gasteiger partial charge in [0.2, 0.25) is 0 Å². The predicted octanol–water partition coefficient (Wildman–Crippen LogP) is 2.74. The van der Waals surface area contributed by atoms with Crippen LogP contribution in [-0.4, -0.2) is 29.6 Å². The van der Waals surface area contributed by atoms with Crippen LogP contribution in [0, 0.1) is 0 Å². The number of anilines is 2. The summed E-state index contributed by atoms with van der Waals surface area (Å²) in [6.45, 7) is 1.05. The Balaban J connectivity index is 0.00000243. The van der Waals surface area contributed by atoms with E-state index in [2.05, 4.69) is 20.6 Å². The van der Waals surface area contributed by atoms with Gasteiger partial charge in [0.15, 0.2) is 5.96 Å². The fraction of sp³-hybridized carbons (Fsp3) is 0.278. The second-order valence-corrected chi connectivity index (χ2v) is 5.73. The lowest BCUT2D eigenvalue weighted by atomic mass is 10.2. The zero-order valence-electron chi connectivity index (χ0n) is 14.2. The van der Waals surface area contributed by atoms with Crippen molar-refractivity contribution in [1.29, 1.82) is 0 Å². The van der Waals surface area contributed by atoms with Crippen molar-refractivity contribution in [3.05, 3.63) is 54.2 Å². The number of carbonyl (C=O) groups is 1. The van der Waals surface area contributed by atoms with Gasteiger partial charge in [-0.2, -0.15) is 0 Å². The molecule has 7 nitrogen and oxygen atoms in total. The molecule has 1 amide bonds. The van der Waals surface area contributed by atoms with Crippen molar-refractivity contribution in [1.82, 2.24) is 4.98 Å². The average Bonchev–Trinajstić information content (AvgIpc) is 3.16. The molecule has 1 fully saturated rings. The summed E-state index contributed by atoms with van der Waals surface area (Å²) < 4.78 is 5.39. The van der Waals surface area contributed by atoms with Crippen LogP contribution in [0.25, 0.3) is 0 Å². The lowest BCUT2D eigenvalue weighted by Crippen LogP contribution is -2.26. The average molecular weight is 467 g/mol. The van der Waals surface area contributed by atoms with Gasteiger partial charge in [0.05, 0.1) is 6.54 Å². The van der Waals surface area contributed by atoms with Gasteiger partial charge < -0.3 is 21.1 Å². The molecule has 1 saturated heterocycles. The standard InChI is InChI=1S/C18H21N5O2.HI/c19-18(23-16-8-1-2-9-20-16)21-12-13-5-3-6-14(11-13)22-17(24)15-7-4-10-25-15;/h1-3,5-6,8-9,11,15H,4,7,10,12H2,(H,22,24)(H3,19,20,21,23);1H. The van der Waals surface area contributed by atoms with Crippen LogP contribution in [0.5, 0.6) is 0 Å². The molecule has 0 aliphatic carbocycles. The van der Waals surface area contributed by atoms with Crippen LogP contribution in [0.3, 0.4) is 0 Å². The molecule has 8 heteroatoms. The summed E-state index contributed by atoms with van der Waals surface area (Å²) in [5.41, 5.74) is 7.53. The molecular formula is C18H22IN5O2. The van der Waals surface area contributed by atoms with Crippen LogP contribution in [0.1, 0.15) is 18.4 Å². The van der Waals surface area contributed by atoms with E-state index in [1.54, 1.807) is 6.20 Å². The molecule has 1 atom stereocenters. The first kappa shape index (κ1) is 20.1. The third-order valence-electron chi connectivity index (χ3n) is 3.77. The number of ether oxygens (including phenoxy) is 1. The number of halogens is 1. The number of nitrogens with zero attached hydrogens (tertiary/aromatic N) is 2. The van der Waals surface area contributed by atoms with Gasteiger partial charge in [-0.3, -0.25) is 4.79 Å². The number of guanidine groups is 1. The Morgan fingerprint density at radius 2 is 2.15 bits per heavy atom. The Hall–Kier alpha value is -2.20. The van der Waals surface area contributed by atoms with Gasteiger partial charge >= 0.3 is 0 Å². The molecule has 1 aromatic carbocycles. The van der Waals surface area contributed by atoms with E-state index in [1.807, 2.05) is 42.5 Å². The van der Waals surface area contributed by atoms with Gasteiger partial charge in [-0.05, 0) is 42.7 Å². The summed E-state index contributed by atoms with van der Waals surface area (Å²) in [4.78, 5) is 20.5. The third kappa shape index (κ3) is 5.95. The van der Waals surface area contributed by atoms with Crippen molar-refractivity contribution >= 4 is 47.3 Å². The van der Waals surface area contributed by atoms with E-state index in [9.17, 15) is 4.79 Å². The smallest absolute Gasteiger partial charge is 0.253 e. The molecule has 2 aromatic rings. The van der Waals surface area contributed by atoms with Crippen molar-refractivity contribution in [3.63, 3.8) is 0 Å². The Morgan fingerprint density at radius 3 is 2.88 bits per heavy atom. The largest absolute Gasteiger partial charge is 0.370 e. The summed E-state index contributed by atoms with van der Waals surface area (Å²) in [6.07, 6.45) is 3.02. The number of hydrogen-bond acceptors (Lipinski definition) is 4. The number of hydrogen-bond donors (Lipinski definition) is 3. The number of amides is 1. The van der Waals surface area contributed by atoms with E-state index in [0.717, 1.165) is 24.1 Å². The molecular weight excluding hydrogens is 445 g/mol. The second kappa shape index (κ2) is 10.1. The fourth-order valence-corrected chi connectivity index (χ4v) is 2.54. The normalized spacial score (nSPS) is 16.6. The minimum Gasteiger partial charge on any atom is -0.370 e. The minimum atomic E-state index is -0.347. The molecule has 1 aliphatic heterocycles. The Morgan fingerprint density at radius 1 is 1.27 bits per heavy atom. The molecule has 1 unspecified atom stereocenters. The molecule has 0 saturated carbocycles. The topological polar surface area (TPSA) is 102 Å². The number of benzene rings is 1. The van der Waals surface area contributed by atoms with Crippen LogP contribution in [-0.2, 0) is 16.1 Å². The summed E-state index contributed by atoms with van der Waals surface area (Å²) in [5.74, 6) is 0.823. The summed E-state index contributed by atoms with van der Waals surface area (Å²) in [7, 11) is 0. The Labute approximate surface area is 169 Å². The van der Waals surface area contributed by atoms with Crippen LogP contribution in [0.15, 0.2) is 53.7 Å². The van der Waals surface area contributed by atoms with E-state index < -0.39 is 0 Å². The first-order chi connectivity index (χ1) is 12.2. The minimum absolute atomic E-state index is 0. The lowest BCUT2D eigenvalue weighted by Gasteiger charge is -2.11. The van der Waals surface area contributed by atoms with Gasteiger partial charge in [-0.25, -0.2) is 9.98 Å². The number of aliphatic imine (C=N–C) groups is 1. The highest BCUT2D eigenvalue weighted by Gasteiger charge is 2.23. The maximum atomic E-state index is 12.1. The fourth-order valence-electron chi connectivity index (χ4n) is 2.54. The Kier molecular flexibility index (Phi) is 7.79. The molecule has 26 heavy (non-hydrogen) atoms. The monoisotopic (exact) mass is 467 g/mol. The van der Waals surface area contributed by atoms with E-state index in [0.29, 0.717) is 19.0 Å². The molecule has 0 radical (unpaired) electrons. The second-order valence-electron chi connectivity index (χ2n) is 5.73. The van der Waals surface area contributed by atoms with E-state index in [-0.39, 0.29) is 41.9 Å². The zero-order chi connectivity index (χ0) is 17.5. The molecule has 138 valence electrons. The lowest BCUT2D eigenvalue weighted by molar-refractivity contribution is -0.124. The number of rotatable bonds is 5.